The van der Waals surface area contributed by atoms with Gasteiger partial charge in [0.2, 0.25) is 5.91 Å². The molecule has 0 saturated heterocycles. The Hall–Kier alpha value is -1.55. The molecule has 0 radical (unpaired) electrons. The fourth-order valence-electron chi connectivity index (χ4n) is 3.01. The van der Waals surface area contributed by atoms with E-state index in [1.807, 2.05) is 6.92 Å². The van der Waals surface area contributed by atoms with Gasteiger partial charge in [0.1, 0.15) is 5.75 Å². The van der Waals surface area contributed by atoms with Crippen molar-refractivity contribution < 1.29 is 9.53 Å². The molecule has 0 bridgehead atoms. The van der Waals surface area contributed by atoms with E-state index in [4.69, 9.17) is 4.74 Å². The molecule has 1 aliphatic rings. The maximum Gasteiger partial charge on any atom is 0.219 e. The van der Waals surface area contributed by atoms with E-state index >= 15 is 0 Å². The Morgan fingerprint density at radius 1 is 1.50 bits per heavy atom. The summed E-state index contributed by atoms with van der Waals surface area (Å²) in [5.41, 5.74) is 2.71. The number of nitrogens with one attached hydrogen (secondary N) is 1. The molecule has 0 saturated carbocycles. The number of rotatable bonds is 4. The predicted molar refractivity (Wildman–Crippen MR) is 82.7 cm³/mol. The first-order chi connectivity index (χ1) is 9.74. The highest BCUT2D eigenvalue weighted by Gasteiger charge is 2.26. The lowest BCUT2D eigenvalue weighted by Gasteiger charge is -2.25. The van der Waals surface area contributed by atoms with Crippen LogP contribution >= 0.6 is 11.3 Å². The molecule has 1 unspecified atom stereocenters. The van der Waals surface area contributed by atoms with E-state index in [-0.39, 0.29) is 5.91 Å². The second kappa shape index (κ2) is 5.44. The van der Waals surface area contributed by atoms with Gasteiger partial charge in [-0.1, -0.05) is 6.92 Å². The van der Waals surface area contributed by atoms with Crippen molar-refractivity contribution in [2.75, 3.05) is 13.7 Å². The maximum atomic E-state index is 11.5. The molecule has 0 fully saturated rings. The average Bonchev–Trinajstić information content (AvgIpc) is 2.91. The molecule has 0 spiro atoms. The van der Waals surface area contributed by atoms with Crippen LogP contribution in [-0.4, -0.2) is 19.6 Å². The van der Waals surface area contributed by atoms with E-state index < -0.39 is 0 Å². The fraction of sp³-hybridized carbons (Fsp3) is 0.438. The fourth-order valence-corrected chi connectivity index (χ4v) is 4.02. The number of ether oxygens (including phenoxy) is 1. The summed E-state index contributed by atoms with van der Waals surface area (Å²) in [5, 5.41) is 6.64. The molecule has 3 nitrogen and oxygen atoms in total. The second-order valence-corrected chi connectivity index (χ2v) is 6.12. The summed E-state index contributed by atoms with van der Waals surface area (Å²) in [6, 6.07) is 4.19. The van der Waals surface area contributed by atoms with Crippen LogP contribution in [0, 0.1) is 0 Å². The number of aryl methyl sites for hydroxylation is 1. The van der Waals surface area contributed by atoms with Gasteiger partial charge >= 0.3 is 0 Å². The zero-order valence-electron chi connectivity index (χ0n) is 11.9. The lowest BCUT2D eigenvalue weighted by atomic mass is 9.83. The molecule has 1 N–H and O–H groups in total. The van der Waals surface area contributed by atoms with Crippen molar-refractivity contribution in [2.45, 2.75) is 32.1 Å². The van der Waals surface area contributed by atoms with E-state index in [0.717, 1.165) is 18.6 Å². The monoisotopic (exact) mass is 289 g/mol. The summed E-state index contributed by atoms with van der Waals surface area (Å²) >= 11 is 1.80. The van der Waals surface area contributed by atoms with Gasteiger partial charge in [0.05, 0.1) is 7.11 Å². The van der Waals surface area contributed by atoms with Crippen molar-refractivity contribution in [3.63, 3.8) is 0 Å². The number of carbonyl (C=O) groups excluding carboxylic acids is 1. The normalized spacial score (nSPS) is 17.2. The van der Waals surface area contributed by atoms with Gasteiger partial charge in [-0.05, 0) is 35.9 Å². The van der Waals surface area contributed by atoms with E-state index in [1.165, 1.54) is 21.2 Å². The highest BCUT2D eigenvalue weighted by atomic mass is 32.1. The van der Waals surface area contributed by atoms with Gasteiger partial charge in [-0.25, -0.2) is 0 Å². The van der Waals surface area contributed by atoms with Crippen LogP contribution in [0.2, 0.25) is 0 Å². The molecule has 4 heteroatoms. The van der Waals surface area contributed by atoms with Crippen LogP contribution in [0.5, 0.6) is 5.75 Å². The van der Waals surface area contributed by atoms with E-state index in [9.17, 15) is 4.79 Å². The molecule has 2 aromatic rings. The van der Waals surface area contributed by atoms with Crippen LogP contribution in [0.3, 0.4) is 0 Å². The molecular formula is C16H19NO2S. The van der Waals surface area contributed by atoms with E-state index in [0.29, 0.717) is 18.9 Å². The van der Waals surface area contributed by atoms with Crippen molar-refractivity contribution in [2.24, 2.45) is 0 Å². The molecule has 0 aliphatic heterocycles. The third kappa shape index (κ3) is 2.18. The summed E-state index contributed by atoms with van der Waals surface area (Å²) in [7, 11) is 1.72. The van der Waals surface area contributed by atoms with Crippen LogP contribution in [0.1, 0.15) is 36.8 Å². The molecule has 20 heavy (non-hydrogen) atoms. The molecule has 3 rings (SSSR count). The van der Waals surface area contributed by atoms with Crippen LogP contribution in [0.25, 0.3) is 10.1 Å². The molecule has 1 amide bonds. The molecule has 1 aromatic heterocycles. The summed E-state index contributed by atoms with van der Waals surface area (Å²) in [5.74, 6) is 1.42. The van der Waals surface area contributed by atoms with Gasteiger partial charge in [0.15, 0.2) is 0 Å². The minimum absolute atomic E-state index is 0.118. The molecule has 1 heterocycles. The third-order valence-electron chi connectivity index (χ3n) is 4.07. The Kier molecular flexibility index (Phi) is 3.66. The lowest BCUT2D eigenvalue weighted by molar-refractivity contribution is -0.120. The minimum Gasteiger partial charge on any atom is -0.496 e. The topological polar surface area (TPSA) is 38.3 Å². The highest BCUT2D eigenvalue weighted by Crippen LogP contribution is 2.44. The molecule has 1 aromatic carbocycles. The number of hydrogen-bond donors (Lipinski definition) is 1. The summed E-state index contributed by atoms with van der Waals surface area (Å²) in [6.07, 6.45) is 2.70. The highest BCUT2D eigenvalue weighted by molar-refractivity contribution is 7.17. The first kappa shape index (κ1) is 13.4. The number of amides is 1. The van der Waals surface area contributed by atoms with Crippen molar-refractivity contribution in [1.82, 2.24) is 5.32 Å². The smallest absolute Gasteiger partial charge is 0.219 e. The number of methoxy groups -OCH3 is 1. The van der Waals surface area contributed by atoms with Gasteiger partial charge in [-0.15, -0.1) is 11.3 Å². The Labute approximate surface area is 122 Å². The van der Waals surface area contributed by atoms with Crippen LogP contribution < -0.4 is 10.1 Å². The first-order valence-corrected chi connectivity index (χ1v) is 7.96. The second-order valence-electron chi connectivity index (χ2n) is 5.21. The molecular weight excluding hydrogens is 270 g/mol. The first-order valence-electron chi connectivity index (χ1n) is 7.08. The Morgan fingerprint density at radius 3 is 3.10 bits per heavy atom. The summed E-state index contributed by atoms with van der Waals surface area (Å²) < 4.78 is 6.88. The largest absolute Gasteiger partial charge is 0.496 e. The third-order valence-corrected chi connectivity index (χ3v) is 5.07. The van der Waals surface area contributed by atoms with Crippen molar-refractivity contribution in [3.05, 3.63) is 28.6 Å². The Balaban J connectivity index is 2.00. The molecule has 1 aliphatic carbocycles. The van der Waals surface area contributed by atoms with Gasteiger partial charge in [0.25, 0.3) is 0 Å². The van der Waals surface area contributed by atoms with E-state index in [2.05, 4.69) is 22.8 Å². The standard InChI is InChI=1S/C16H19NO2S/c1-3-14(18)17-8-10-4-5-11-9-20-13-7-6-12(19-2)15(10)16(11)13/h6-7,9-10H,3-5,8H2,1-2H3,(H,17,18). The van der Waals surface area contributed by atoms with Gasteiger partial charge in [-0.2, -0.15) is 0 Å². The predicted octanol–water partition coefficient (Wildman–Crippen LogP) is 3.47. The maximum absolute atomic E-state index is 11.5. The minimum atomic E-state index is 0.118. The van der Waals surface area contributed by atoms with Crippen molar-refractivity contribution in [3.8, 4) is 5.75 Å². The van der Waals surface area contributed by atoms with Crippen LogP contribution in [-0.2, 0) is 11.2 Å². The Bertz CT molecular complexity index is 647. The molecule has 106 valence electrons. The van der Waals surface area contributed by atoms with Crippen molar-refractivity contribution >= 4 is 27.3 Å². The van der Waals surface area contributed by atoms with Gasteiger partial charge in [-0.3, -0.25) is 4.79 Å². The van der Waals surface area contributed by atoms with Crippen LogP contribution in [0.4, 0.5) is 0 Å². The quantitative estimate of drug-likeness (QED) is 0.936. The number of carbonyl (C=O) groups is 1. The zero-order valence-corrected chi connectivity index (χ0v) is 12.7. The van der Waals surface area contributed by atoms with Gasteiger partial charge < -0.3 is 10.1 Å². The van der Waals surface area contributed by atoms with E-state index in [1.54, 1.807) is 18.4 Å². The average molecular weight is 289 g/mol. The number of hydrogen-bond acceptors (Lipinski definition) is 3. The number of thiophene rings is 1. The SMILES string of the molecule is CCC(=O)NCC1CCc2csc3ccc(OC)c1c23. The Morgan fingerprint density at radius 2 is 2.35 bits per heavy atom. The summed E-state index contributed by atoms with van der Waals surface area (Å²) in [4.78, 5) is 11.5. The zero-order chi connectivity index (χ0) is 14.1. The van der Waals surface area contributed by atoms with Crippen LogP contribution in [0.15, 0.2) is 17.5 Å². The summed E-state index contributed by atoms with van der Waals surface area (Å²) in [6.45, 7) is 2.59. The number of benzene rings is 1. The lowest BCUT2D eigenvalue weighted by Crippen LogP contribution is -2.29. The molecule has 1 atom stereocenters. The van der Waals surface area contributed by atoms with Crippen molar-refractivity contribution in [1.29, 1.82) is 0 Å². The van der Waals surface area contributed by atoms with Gasteiger partial charge in [0, 0.05) is 34.5 Å².